The van der Waals surface area contributed by atoms with E-state index in [1.54, 1.807) is 25.3 Å². The van der Waals surface area contributed by atoms with Crippen LogP contribution in [0.25, 0.3) is 0 Å². The Kier molecular flexibility index (Phi) is 11.3. The van der Waals surface area contributed by atoms with Crippen molar-refractivity contribution in [2.24, 2.45) is 0 Å². The molecular weight excluding hydrogens is 560 g/mol. The zero-order valence-corrected chi connectivity index (χ0v) is 25.7. The third-order valence-electron chi connectivity index (χ3n) is 6.91. The van der Waals surface area contributed by atoms with E-state index in [1.807, 2.05) is 32.0 Å². The summed E-state index contributed by atoms with van der Waals surface area (Å²) >= 11 is 0. The van der Waals surface area contributed by atoms with E-state index in [4.69, 9.17) is 14.2 Å². The third-order valence-corrected chi connectivity index (χ3v) is 6.91. The zero-order valence-electron chi connectivity index (χ0n) is 25.7. The highest BCUT2D eigenvalue weighted by molar-refractivity contribution is 6.02. The number of anilines is 6. The number of methoxy groups -OCH3 is 1. The van der Waals surface area contributed by atoms with E-state index in [0.29, 0.717) is 41.8 Å². The van der Waals surface area contributed by atoms with Gasteiger partial charge in [0.05, 0.1) is 36.0 Å². The number of carbonyl (C=O) groups excluding carboxylic acids is 1. The lowest BCUT2D eigenvalue weighted by molar-refractivity contribution is -0.111. The van der Waals surface area contributed by atoms with Gasteiger partial charge in [0.1, 0.15) is 29.7 Å². The molecule has 44 heavy (non-hydrogen) atoms. The van der Waals surface area contributed by atoms with Crippen molar-refractivity contribution in [1.82, 2.24) is 14.9 Å². The number of aromatic nitrogens is 2. The van der Waals surface area contributed by atoms with Gasteiger partial charge in [-0.25, -0.2) is 4.98 Å². The maximum Gasteiger partial charge on any atom is 0.247 e. The number of nitrogens with one attached hydrogen (secondary N) is 3. The van der Waals surface area contributed by atoms with Gasteiger partial charge in [0.25, 0.3) is 0 Å². The number of nitriles is 1. The Bertz CT molecular complexity index is 1480. The maximum absolute atomic E-state index is 12.3. The van der Waals surface area contributed by atoms with Crippen molar-refractivity contribution in [2.45, 2.75) is 26.9 Å². The molecule has 1 amide bonds. The first-order chi connectivity index (χ1) is 21.3. The van der Waals surface area contributed by atoms with Crippen molar-refractivity contribution < 1.29 is 19.0 Å². The second-order valence-electron chi connectivity index (χ2n) is 10.3. The van der Waals surface area contributed by atoms with Gasteiger partial charge in [-0.15, -0.1) is 0 Å². The molecule has 1 fully saturated rings. The van der Waals surface area contributed by atoms with Gasteiger partial charge in [-0.3, -0.25) is 4.79 Å². The molecule has 1 aromatic heterocycles. The van der Waals surface area contributed by atoms with Crippen LogP contribution >= 0.6 is 0 Å². The fourth-order valence-electron chi connectivity index (χ4n) is 4.60. The first kappa shape index (κ1) is 32.1. The molecular formula is C32H40N8O4. The van der Waals surface area contributed by atoms with E-state index >= 15 is 0 Å². The largest absolute Gasteiger partial charge is 0.491 e. The predicted molar refractivity (Wildman–Crippen MR) is 172 cm³/mol. The summed E-state index contributed by atoms with van der Waals surface area (Å²) in [6.07, 6.45) is 2.55. The summed E-state index contributed by atoms with van der Waals surface area (Å²) in [7, 11) is 1.62. The van der Waals surface area contributed by atoms with E-state index in [0.717, 1.165) is 38.4 Å². The van der Waals surface area contributed by atoms with E-state index in [2.05, 4.69) is 55.3 Å². The number of hydrogen-bond donors (Lipinski definition) is 3. The average molecular weight is 601 g/mol. The van der Waals surface area contributed by atoms with Gasteiger partial charge in [-0.2, -0.15) is 10.2 Å². The molecule has 2 aromatic carbocycles. The maximum atomic E-state index is 12.3. The fourth-order valence-corrected chi connectivity index (χ4v) is 4.60. The Morgan fingerprint density at radius 2 is 1.86 bits per heavy atom. The number of benzene rings is 2. The topological polar surface area (TPSA) is 137 Å². The van der Waals surface area contributed by atoms with Crippen molar-refractivity contribution in [3.05, 3.63) is 60.8 Å². The second kappa shape index (κ2) is 15.6. The SMILES string of the molecule is C=CC(=O)Nc1cc(N2CCN(CC)CC2)ccc1Nc1ncc(C#N)c(Nc2ccc(OCCOC)cc2OC(C)C)n1. The molecule has 1 aliphatic rings. The molecule has 0 unspecified atom stereocenters. The quantitative estimate of drug-likeness (QED) is 0.172. The molecule has 0 spiro atoms. The van der Waals surface area contributed by atoms with E-state index in [1.165, 1.54) is 12.3 Å². The van der Waals surface area contributed by atoms with Crippen molar-refractivity contribution in [3.8, 4) is 17.6 Å². The first-order valence-corrected chi connectivity index (χ1v) is 14.6. The lowest BCUT2D eigenvalue weighted by atomic mass is 10.2. The van der Waals surface area contributed by atoms with Crippen LogP contribution in [0.15, 0.2) is 55.3 Å². The van der Waals surface area contributed by atoms with Crippen LogP contribution < -0.4 is 30.3 Å². The highest BCUT2D eigenvalue weighted by Crippen LogP contribution is 2.34. The molecule has 0 bridgehead atoms. The normalized spacial score (nSPS) is 13.2. The van der Waals surface area contributed by atoms with E-state index in [9.17, 15) is 10.1 Å². The van der Waals surface area contributed by atoms with Crippen molar-refractivity contribution in [1.29, 1.82) is 5.26 Å². The molecule has 2 heterocycles. The number of ether oxygens (including phenoxy) is 3. The molecule has 0 aliphatic carbocycles. The molecule has 1 saturated heterocycles. The number of likely N-dealkylation sites (N-methyl/N-ethyl adjacent to an activating group) is 1. The Morgan fingerprint density at radius 1 is 1.09 bits per heavy atom. The minimum atomic E-state index is -0.337. The van der Waals surface area contributed by atoms with Gasteiger partial charge in [0, 0.05) is 45.0 Å². The fraction of sp³-hybridized carbons (Fsp3) is 0.375. The monoisotopic (exact) mass is 600 g/mol. The van der Waals surface area contributed by atoms with Crippen LogP contribution in [0.5, 0.6) is 11.5 Å². The van der Waals surface area contributed by atoms with Crippen LogP contribution in [0, 0.1) is 11.3 Å². The molecule has 232 valence electrons. The van der Waals surface area contributed by atoms with Crippen LogP contribution in [0.4, 0.5) is 34.5 Å². The zero-order chi connectivity index (χ0) is 31.5. The Hall–Kier alpha value is -4.86. The number of hydrogen-bond acceptors (Lipinski definition) is 11. The number of carbonyl (C=O) groups is 1. The number of rotatable bonds is 14. The molecule has 0 radical (unpaired) electrons. The lowest BCUT2D eigenvalue weighted by Gasteiger charge is -2.35. The molecule has 0 saturated carbocycles. The van der Waals surface area contributed by atoms with E-state index < -0.39 is 0 Å². The Labute approximate surface area is 258 Å². The molecule has 0 atom stereocenters. The van der Waals surface area contributed by atoms with E-state index in [-0.39, 0.29) is 29.3 Å². The van der Waals surface area contributed by atoms with Crippen molar-refractivity contribution >= 4 is 40.4 Å². The van der Waals surface area contributed by atoms with Gasteiger partial charge >= 0.3 is 0 Å². The standard InChI is InChI=1S/C32H40N8O4/c1-6-30(41)35-28-18-24(40-14-12-39(7-2)13-15-40)8-10-26(28)37-32-34-21-23(20-33)31(38-32)36-27-11-9-25(43-17-16-42-5)19-29(27)44-22(3)4/h6,8-11,18-19,21-22H,1,7,12-17H2,2-5H3,(H,35,41)(H2,34,36,37,38). The minimum absolute atomic E-state index is 0.106. The summed E-state index contributed by atoms with van der Waals surface area (Å²) in [6, 6.07) is 13.3. The summed E-state index contributed by atoms with van der Waals surface area (Å²) in [5.74, 6) is 1.34. The first-order valence-electron chi connectivity index (χ1n) is 14.6. The predicted octanol–water partition coefficient (Wildman–Crippen LogP) is 4.91. The molecule has 12 heteroatoms. The van der Waals surface area contributed by atoms with Gasteiger partial charge in [-0.05, 0) is 56.8 Å². The molecule has 3 N–H and O–H groups in total. The number of nitrogens with zero attached hydrogens (tertiary/aromatic N) is 5. The third kappa shape index (κ3) is 8.59. The number of amides is 1. The summed E-state index contributed by atoms with van der Waals surface area (Å²) in [4.78, 5) is 26.0. The molecule has 3 aromatic rings. The van der Waals surface area contributed by atoms with Crippen LogP contribution in [-0.4, -0.2) is 79.9 Å². The highest BCUT2D eigenvalue weighted by atomic mass is 16.5. The minimum Gasteiger partial charge on any atom is -0.491 e. The Balaban J connectivity index is 1.60. The van der Waals surface area contributed by atoms with Gasteiger partial charge in [0.2, 0.25) is 11.9 Å². The van der Waals surface area contributed by atoms with Crippen LogP contribution in [0.3, 0.4) is 0 Å². The summed E-state index contributed by atoms with van der Waals surface area (Å²) < 4.78 is 16.8. The van der Waals surface area contributed by atoms with Gasteiger partial charge < -0.3 is 40.0 Å². The lowest BCUT2D eigenvalue weighted by Crippen LogP contribution is -2.46. The number of piperazine rings is 1. The average Bonchev–Trinajstić information content (AvgIpc) is 3.03. The smallest absolute Gasteiger partial charge is 0.247 e. The highest BCUT2D eigenvalue weighted by Gasteiger charge is 2.19. The molecule has 1 aliphatic heterocycles. The van der Waals surface area contributed by atoms with Crippen LogP contribution in [-0.2, 0) is 9.53 Å². The van der Waals surface area contributed by atoms with Crippen LogP contribution in [0.2, 0.25) is 0 Å². The molecule has 4 rings (SSSR count). The van der Waals surface area contributed by atoms with Crippen molar-refractivity contribution in [3.63, 3.8) is 0 Å². The van der Waals surface area contributed by atoms with Crippen LogP contribution in [0.1, 0.15) is 26.3 Å². The second-order valence-corrected chi connectivity index (χ2v) is 10.3. The summed E-state index contributed by atoms with van der Waals surface area (Å²) in [6.45, 7) is 15.2. The Morgan fingerprint density at radius 3 is 2.55 bits per heavy atom. The summed E-state index contributed by atoms with van der Waals surface area (Å²) in [5.41, 5.74) is 3.00. The van der Waals surface area contributed by atoms with Gasteiger partial charge in [0.15, 0.2) is 5.82 Å². The van der Waals surface area contributed by atoms with Gasteiger partial charge in [-0.1, -0.05) is 13.5 Å². The summed E-state index contributed by atoms with van der Waals surface area (Å²) in [5, 5.41) is 19.1. The molecule has 12 nitrogen and oxygen atoms in total. The van der Waals surface area contributed by atoms with Crippen molar-refractivity contribution in [2.75, 3.05) is 73.9 Å².